The molecule has 0 radical (unpaired) electrons. The van der Waals surface area contributed by atoms with Gasteiger partial charge in [-0.25, -0.2) is 4.39 Å². The van der Waals surface area contributed by atoms with Crippen LogP contribution in [-0.4, -0.2) is 36.6 Å². The third-order valence-electron chi connectivity index (χ3n) is 5.08. The van der Waals surface area contributed by atoms with E-state index in [4.69, 9.17) is 16.1 Å². The molecule has 0 aliphatic carbocycles. The second-order valence-corrected chi connectivity index (χ2v) is 7.59. The van der Waals surface area contributed by atoms with Crippen molar-refractivity contribution in [3.63, 3.8) is 0 Å². The molecule has 31 heavy (non-hydrogen) atoms. The Hall–Kier alpha value is -3.39. The highest BCUT2D eigenvalue weighted by Gasteiger charge is 2.25. The molecule has 0 unspecified atom stereocenters. The lowest BCUT2D eigenvalue weighted by Gasteiger charge is -2.28. The van der Waals surface area contributed by atoms with Crippen LogP contribution in [0.1, 0.15) is 21.7 Å². The summed E-state index contributed by atoms with van der Waals surface area (Å²) in [4.78, 5) is 26.4. The normalized spacial score (nSPS) is 13.8. The van der Waals surface area contributed by atoms with Crippen molar-refractivity contribution >= 4 is 29.1 Å². The number of carbonyl (C=O) groups excluding carboxylic acids is 2. The van der Waals surface area contributed by atoms with Crippen LogP contribution in [0.15, 0.2) is 47.0 Å². The van der Waals surface area contributed by atoms with Gasteiger partial charge in [0.25, 0.3) is 5.91 Å². The largest absolute Gasteiger partial charge is 0.360 e. The van der Waals surface area contributed by atoms with Gasteiger partial charge in [-0.3, -0.25) is 9.59 Å². The molecule has 0 atom stereocenters. The van der Waals surface area contributed by atoms with Crippen LogP contribution in [0.25, 0.3) is 11.3 Å². The first-order valence-corrected chi connectivity index (χ1v) is 10.1. The number of amides is 2. The average molecular weight is 443 g/mol. The van der Waals surface area contributed by atoms with E-state index in [9.17, 15) is 14.0 Å². The van der Waals surface area contributed by atoms with E-state index in [1.807, 2.05) is 29.2 Å². The number of rotatable bonds is 5. The van der Waals surface area contributed by atoms with Crippen LogP contribution in [0.2, 0.25) is 5.02 Å². The fourth-order valence-electron chi connectivity index (χ4n) is 3.49. The molecule has 1 aliphatic heterocycles. The molecule has 3 aromatic rings. The smallest absolute Gasteiger partial charge is 0.257 e. The molecule has 1 fully saturated rings. The Morgan fingerprint density at radius 2 is 2.06 bits per heavy atom. The number of hydrogen-bond donors (Lipinski definition) is 2. The van der Waals surface area contributed by atoms with E-state index in [0.717, 1.165) is 17.8 Å². The maximum absolute atomic E-state index is 14.3. The van der Waals surface area contributed by atoms with Crippen molar-refractivity contribution in [2.75, 3.05) is 24.5 Å². The van der Waals surface area contributed by atoms with Crippen LogP contribution in [0, 0.1) is 12.7 Å². The minimum absolute atomic E-state index is 0.00237. The highest BCUT2D eigenvalue weighted by molar-refractivity contribution is 6.33. The zero-order chi connectivity index (χ0) is 22.0. The number of carbonyl (C=O) groups is 2. The van der Waals surface area contributed by atoms with Gasteiger partial charge in [-0.2, -0.15) is 0 Å². The first-order valence-electron chi connectivity index (χ1n) is 9.73. The van der Waals surface area contributed by atoms with Crippen LogP contribution in [0.4, 0.5) is 10.1 Å². The molecular formula is C22H20ClFN4O3. The molecule has 4 rings (SSSR count). The van der Waals surface area contributed by atoms with Gasteiger partial charge in [0, 0.05) is 25.3 Å². The van der Waals surface area contributed by atoms with Crippen molar-refractivity contribution in [2.45, 2.75) is 13.5 Å². The highest BCUT2D eigenvalue weighted by Crippen LogP contribution is 2.33. The summed E-state index contributed by atoms with van der Waals surface area (Å²) in [6.07, 6.45) is 0. The second-order valence-electron chi connectivity index (χ2n) is 7.18. The maximum Gasteiger partial charge on any atom is 0.257 e. The van der Waals surface area contributed by atoms with Crippen molar-refractivity contribution in [1.82, 2.24) is 15.8 Å². The molecule has 1 saturated heterocycles. The molecule has 9 heteroatoms. The van der Waals surface area contributed by atoms with Gasteiger partial charge in [0.1, 0.15) is 22.8 Å². The lowest BCUT2D eigenvalue weighted by Crippen LogP contribution is -2.47. The molecule has 7 nitrogen and oxygen atoms in total. The minimum atomic E-state index is -0.586. The summed E-state index contributed by atoms with van der Waals surface area (Å²) in [5.41, 5.74) is 2.05. The predicted molar refractivity (Wildman–Crippen MR) is 114 cm³/mol. The van der Waals surface area contributed by atoms with Crippen molar-refractivity contribution in [1.29, 1.82) is 0 Å². The summed E-state index contributed by atoms with van der Waals surface area (Å²) < 4.78 is 19.5. The molecule has 2 N–H and O–H groups in total. The third kappa shape index (κ3) is 4.39. The monoisotopic (exact) mass is 442 g/mol. The quantitative estimate of drug-likeness (QED) is 0.633. The van der Waals surface area contributed by atoms with Gasteiger partial charge in [-0.1, -0.05) is 35.0 Å². The van der Waals surface area contributed by atoms with Gasteiger partial charge < -0.3 is 20.1 Å². The Kier molecular flexibility index (Phi) is 5.90. The molecule has 0 bridgehead atoms. The topological polar surface area (TPSA) is 87.5 Å². The van der Waals surface area contributed by atoms with Crippen LogP contribution in [-0.2, 0) is 11.3 Å². The maximum atomic E-state index is 14.3. The summed E-state index contributed by atoms with van der Waals surface area (Å²) in [6, 6.07) is 11.9. The zero-order valence-electron chi connectivity index (χ0n) is 16.7. The Labute approximate surface area is 183 Å². The molecule has 160 valence electrons. The number of benzene rings is 2. The van der Waals surface area contributed by atoms with E-state index in [0.29, 0.717) is 13.1 Å². The standard InChI is InChI=1S/C22H20ClFN4O3/c1-13-19(21(27-31-13)20-16(23)3-2-4-17(20)24)22(30)26-11-14-5-7-15(8-6-14)28-10-9-25-18(29)12-28/h2-8H,9-12H2,1H3,(H,25,29)(H,26,30). The van der Waals surface area contributed by atoms with E-state index < -0.39 is 11.7 Å². The minimum Gasteiger partial charge on any atom is -0.360 e. The summed E-state index contributed by atoms with van der Waals surface area (Å²) in [5.74, 6) is -0.760. The number of nitrogens with one attached hydrogen (secondary N) is 2. The fraction of sp³-hybridized carbons (Fsp3) is 0.227. The zero-order valence-corrected chi connectivity index (χ0v) is 17.5. The number of hydrogen-bond acceptors (Lipinski definition) is 5. The van der Waals surface area contributed by atoms with E-state index >= 15 is 0 Å². The number of halogens is 2. The molecule has 1 aliphatic rings. The first kappa shape index (κ1) is 20.9. The molecule has 0 spiro atoms. The second kappa shape index (κ2) is 8.77. The summed E-state index contributed by atoms with van der Waals surface area (Å²) >= 11 is 6.13. The number of piperazine rings is 1. The SMILES string of the molecule is Cc1onc(-c2c(F)cccc2Cl)c1C(=O)NCc1ccc(N2CCNC(=O)C2)cc1. The number of aryl methyl sites for hydroxylation is 1. The van der Waals surface area contributed by atoms with Crippen molar-refractivity contribution in [3.05, 3.63) is 70.2 Å². The van der Waals surface area contributed by atoms with Crippen LogP contribution in [0.5, 0.6) is 0 Å². The Balaban J connectivity index is 1.47. The Bertz CT molecular complexity index is 1110. The van der Waals surface area contributed by atoms with E-state index in [-0.39, 0.29) is 40.1 Å². The summed E-state index contributed by atoms with van der Waals surface area (Å²) in [7, 11) is 0. The molecule has 2 heterocycles. The van der Waals surface area contributed by atoms with Crippen LogP contribution in [0.3, 0.4) is 0 Å². The summed E-state index contributed by atoms with van der Waals surface area (Å²) in [5, 5.41) is 9.61. The predicted octanol–water partition coefficient (Wildman–Crippen LogP) is 3.31. The molecule has 2 aromatic carbocycles. The highest BCUT2D eigenvalue weighted by atomic mass is 35.5. The first-order chi connectivity index (χ1) is 14.9. The lowest BCUT2D eigenvalue weighted by atomic mass is 10.0. The number of aromatic nitrogens is 1. The molecule has 1 aromatic heterocycles. The van der Waals surface area contributed by atoms with Gasteiger partial charge >= 0.3 is 0 Å². The Morgan fingerprint density at radius 1 is 1.29 bits per heavy atom. The van der Waals surface area contributed by atoms with E-state index in [2.05, 4.69) is 15.8 Å². The molecular weight excluding hydrogens is 423 g/mol. The van der Waals surface area contributed by atoms with E-state index in [1.54, 1.807) is 6.92 Å². The van der Waals surface area contributed by atoms with Crippen molar-refractivity contribution in [3.8, 4) is 11.3 Å². The van der Waals surface area contributed by atoms with E-state index in [1.165, 1.54) is 18.2 Å². The Morgan fingerprint density at radius 3 is 2.77 bits per heavy atom. The molecule has 2 amide bonds. The van der Waals surface area contributed by atoms with Gasteiger partial charge in [0.05, 0.1) is 17.1 Å². The third-order valence-corrected chi connectivity index (χ3v) is 5.40. The summed E-state index contributed by atoms with van der Waals surface area (Å²) in [6.45, 7) is 3.53. The van der Waals surface area contributed by atoms with Gasteiger partial charge in [-0.05, 0) is 36.8 Å². The van der Waals surface area contributed by atoms with Crippen molar-refractivity contribution in [2.24, 2.45) is 0 Å². The fourth-order valence-corrected chi connectivity index (χ4v) is 3.74. The number of nitrogens with zero attached hydrogens (tertiary/aromatic N) is 2. The van der Waals surface area contributed by atoms with Crippen LogP contribution >= 0.6 is 11.6 Å². The van der Waals surface area contributed by atoms with Gasteiger partial charge in [-0.15, -0.1) is 0 Å². The average Bonchev–Trinajstić information content (AvgIpc) is 3.13. The van der Waals surface area contributed by atoms with Gasteiger partial charge in [0.15, 0.2) is 0 Å². The van der Waals surface area contributed by atoms with Crippen molar-refractivity contribution < 1.29 is 18.5 Å². The van der Waals surface area contributed by atoms with Gasteiger partial charge in [0.2, 0.25) is 5.91 Å². The lowest BCUT2D eigenvalue weighted by molar-refractivity contribution is -0.120. The number of anilines is 1. The molecule has 0 saturated carbocycles. The van der Waals surface area contributed by atoms with Crippen LogP contribution < -0.4 is 15.5 Å².